The van der Waals surface area contributed by atoms with Crippen molar-refractivity contribution in [3.63, 3.8) is 0 Å². The first-order valence-electron chi connectivity index (χ1n) is 7.70. The number of benzene rings is 1. The van der Waals surface area contributed by atoms with Crippen LogP contribution in [0.25, 0.3) is 0 Å². The van der Waals surface area contributed by atoms with Crippen LogP contribution in [-0.4, -0.2) is 48.7 Å². The van der Waals surface area contributed by atoms with Gasteiger partial charge in [0.1, 0.15) is 12.6 Å². The van der Waals surface area contributed by atoms with E-state index in [1.807, 2.05) is 31.2 Å². The van der Waals surface area contributed by atoms with Crippen LogP contribution in [0.3, 0.4) is 0 Å². The molecule has 2 N–H and O–H groups in total. The summed E-state index contributed by atoms with van der Waals surface area (Å²) < 4.78 is 37.0. The number of hydrogen-bond acceptors (Lipinski definition) is 2. The molecular formula is C16H20F3N3O2. The number of carbonyl (C=O) groups is 2. The molecule has 3 amide bonds. The summed E-state index contributed by atoms with van der Waals surface area (Å²) in [4.78, 5) is 24.3. The van der Waals surface area contributed by atoms with Crippen LogP contribution in [0.5, 0.6) is 0 Å². The third-order valence-electron chi connectivity index (χ3n) is 3.79. The molecule has 1 aliphatic rings. The Labute approximate surface area is 138 Å². The Kier molecular flexibility index (Phi) is 5.69. The van der Waals surface area contributed by atoms with E-state index in [9.17, 15) is 22.8 Å². The highest BCUT2D eigenvalue weighted by molar-refractivity contribution is 5.88. The van der Waals surface area contributed by atoms with Crippen molar-refractivity contribution in [2.75, 3.05) is 19.6 Å². The van der Waals surface area contributed by atoms with Gasteiger partial charge in [-0.3, -0.25) is 4.79 Å². The summed E-state index contributed by atoms with van der Waals surface area (Å²) in [5.41, 5.74) is 2.21. The first-order valence-corrected chi connectivity index (χ1v) is 7.70. The van der Waals surface area contributed by atoms with Crippen LogP contribution >= 0.6 is 0 Å². The lowest BCUT2D eigenvalue weighted by Crippen LogP contribution is -2.47. The molecule has 0 saturated carbocycles. The zero-order chi connectivity index (χ0) is 17.7. The first kappa shape index (κ1) is 18.1. The molecule has 24 heavy (non-hydrogen) atoms. The largest absolute Gasteiger partial charge is 0.406 e. The van der Waals surface area contributed by atoms with Gasteiger partial charge in [0.15, 0.2) is 0 Å². The smallest absolute Gasteiger partial charge is 0.338 e. The van der Waals surface area contributed by atoms with E-state index in [-0.39, 0.29) is 13.0 Å². The molecule has 1 atom stereocenters. The van der Waals surface area contributed by atoms with E-state index in [1.54, 1.807) is 0 Å². The second-order valence-electron chi connectivity index (χ2n) is 5.85. The normalized spacial score (nSPS) is 17.9. The Morgan fingerprint density at radius 3 is 2.58 bits per heavy atom. The Bertz CT molecular complexity index is 587. The molecule has 1 aliphatic heterocycles. The van der Waals surface area contributed by atoms with E-state index < -0.39 is 30.7 Å². The van der Waals surface area contributed by atoms with E-state index in [0.717, 1.165) is 16.0 Å². The fourth-order valence-electron chi connectivity index (χ4n) is 2.53. The highest BCUT2D eigenvalue weighted by Gasteiger charge is 2.39. The monoisotopic (exact) mass is 343 g/mol. The van der Waals surface area contributed by atoms with Crippen molar-refractivity contribution in [3.05, 3.63) is 35.4 Å². The quantitative estimate of drug-likeness (QED) is 0.859. The summed E-state index contributed by atoms with van der Waals surface area (Å²) in [6.07, 6.45) is -3.62. The Morgan fingerprint density at radius 1 is 1.29 bits per heavy atom. The van der Waals surface area contributed by atoms with E-state index in [2.05, 4.69) is 10.6 Å². The third kappa shape index (κ3) is 5.43. The second kappa shape index (κ2) is 7.55. The van der Waals surface area contributed by atoms with E-state index in [0.29, 0.717) is 13.0 Å². The number of nitrogens with one attached hydrogen (secondary N) is 2. The molecule has 1 aromatic carbocycles. The maximum Gasteiger partial charge on any atom is 0.406 e. The molecular weight excluding hydrogens is 323 g/mol. The van der Waals surface area contributed by atoms with E-state index >= 15 is 0 Å². The van der Waals surface area contributed by atoms with Crippen LogP contribution in [0.4, 0.5) is 18.0 Å². The summed E-state index contributed by atoms with van der Waals surface area (Å²) in [7, 11) is 0. The fraction of sp³-hybridized carbons (Fsp3) is 0.500. The number of urea groups is 1. The molecule has 1 aromatic rings. The first-order chi connectivity index (χ1) is 11.2. The molecule has 0 aromatic heterocycles. The summed E-state index contributed by atoms with van der Waals surface area (Å²) in [6.45, 7) is 1.07. The van der Waals surface area contributed by atoms with Crippen LogP contribution in [0.15, 0.2) is 24.3 Å². The fourth-order valence-corrected chi connectivity index (χ4v) is 2.53. The van der Waals surface area contributed by atoms with Gasteiger partial charge in [0.25, 0.3) is 0 Å². The minimum absolute atomic E-state index is 0.00729. The van der Waals surface area contributed by atoms with Gasteiger partial charge in [-0.05, 0) is 25.3 Å². The van der Waals surface area contributed by atoms with E-state index in [1.165, 1.54) is 0 Å². The summed E-state index contributed by atoms with van der Waals surface area (Å²) in [5, 5.41) is 5.04. The van der Waals surface area contributed by atoms with E-state index in [4.69, 9.17) is 0 Å². The van der Waals surface area contributed by atoms with Crippen LogP contribution in [-0.2, 0) is 11.2 Å². The van der Waals surface area contributed by atoms with Crippen molar-refractivity contribution in [1.29, 1.82) is 0 Å². The van der Waals surface area contributed by atoms with Crippen molar-refractivity contribution in [3.8, 4) is 0 Å². The predicted octanol–water partition coefficient (Wildman–Crippen LogP) is 2.00. The molecule has 132 valence electrons. The van der Waals surface area contributed by atoms with Gasteiger partial charge in [-0.1, -0.05) is 29.8 Å². The minimum atomic E-state index is -4.43. The van der Waals surface area contributed by atoms with Crippen molar-refractivity contribution in [2.45, 2.75) is 32.0 Å². The highest BCUT2D eigenvalue weighted by atomic mass is 19.4. The molecule has 0 spiro atoms. The van der Waals surface area contributed by atoms with Crippen molar-refractivity contribution in [2.24, 2.45) is 0 Å². The summed E-state index contributed by atoms with van der Waals surface area (Å²) in [6, 6.07) is 6.43. The Morgan fingerprint density at radius 2 is 1.96 bits per heavy atom. The zero-order valence-corrected chi connectivity index (χ0v) is 13.3. The van der Waals surface area contributed by atoms with Crippen LogP contribution in [0.1, 0.15) is 17.5 Å². The molecule has 0 radical (unpaired) electrons. The van der Waals surface area contributed by atoms with Crippen LogP contribution < -0.4 is 10.6 Å². The van der Waals surface area contributed by atoms with Crippen molar-refractivity contribution in [1.82, 2.24) is 15.5 Å². The average molecular weight is 343 g/mol. The molecule has 1 heterocycles. The van der Waals surface area contributed by atoms with Gasteiger partial charge in [0.2, 0.25) is 5.91 Å². The zero-order valence-electron chi connectivity index (χ0n) is 13.3. The number of nitrogens with zero attached hydrogens (tertiary/aromatic N) is 1. The number of carbonyl (C=O) groups excluding carboxylic acids is 2. The molecule has 1 fully saturated rings. The lowest BCUT2D eigenvalue weighted by atomic mass is 10.1. The number of halogens is 3. The third-order valence-corrected chi connectivity index (χ3v) is 3.79. The predicted molar refractivity (Wildman–Crippen MR) is 82.5 cm³/mol. The lowest BCUT2D eigenvalue weighted by Gasteiger charge is -2.18. The molecule has 0 unspecified atom stereocenters. The molecule has 1 saturated heterocycles. The van der Waals surface area contributed by atoms with Gasteiger partial charge in [0, 0.05) is 13.1 Å². The Hall–Kier alpha value is -2.25. The van der Waals surface area contributed by atoms with Crippen LogP contribution in [0.2, 0.25) is 0 Å². The molecule has 0 aliphatic carbocycles. The summed E-state index contributed by atoms with van der Waals surface area (Å²) in [5.74, 6) is -0.694. The highest BCUT2D eigenvalue weighted by Crippen LogP contribution is 2.20. The van der Waals surface area contributed by atoms with Gasteiger partial charge in [-0.25, -0.2) is 4.79 Å². The van der Waals surface area contributed by atoms with Gasteiger partial charge in [-0.15, -0.1) is 0 Å². The van der Waals surface area contributed by atoms with Gasteiger partial charge in [0.05, 0.1) is 0 Å². The topological polar surface area (TPSA) is 61.4 Å². The maximum absolute atomic E-state index is 12.3. The molecule has 0 bridgehead atoms. The van der Waals surface area contributed by atoms with Crippen LogP contribution in [0, 0.1) is 6.92 Å². The van der Waals surface area contributed by atoms with Crippen molar-refractivity contribution >= 4 is 11.9 Å². The number of rotatable bonds is 5. The number of likely N-dealkylation sites (tertiary alicyclic amines) is 1. The standard InChI is InChI=1S/C16H20F3N3O2/c1-11-2-4-12(5-3-11)6-8-20-15(24)21-13-7-9-22(14(13)23)10-16(17,18)19/h2-5,13H,6-10H2,1H3,(H2,20,21,24)/t13-/m1/s1. The minimum Gasteiger partial charge on any atom is -0.338 e. The number of alkyl halides is 3. The SMILES string of the molecule is Cc1ccc(CCNC(=O)N[C@@H]2CCN(CC(F)(F)F)C2=O)cc1. The molecule has 2 rings (SSSR count). The van der Waals surface area contributed by atoms with Crippen molar-refractivity contribution < 1.29 is 22.8 Å². The Balaban J connectivity index is 1.72. The maximum atomic E-state index is 12.3. The number of hydrogen-bond donors (Lipinski definition) is 2. The average Bonchev–Trinajstić information content (AvgIpc) is 2.80. The van der Waals surface area contributed by atoms with Gasteiger partial charge >= 0.3 is 12.2 Å². The number of aryl methyl sites for hydroxylation is 1. The number of amides is 3. The lowest BCUT2D eigenvalue weighted by molar-refractivity contribution is -0.157. The molecule has 8 heteroatoms. The van der Waals surface area contributed by atoms with Gasteiger partial charge < -0.3 is 15.5 Å². The second-order valence-corrected chi connectivity index (χ2v) is 5.85. The van der Waals surface area contributed by atoms with Gasteiger partial charge in [-0.2, -0.15) is 13.2 Å². The summed E-state index contributed by atoms with van der Waals surface area (Å²) >= 11 is 0. The molecule has 5 nitrogen and oxygen atoms in total.